The molecule has 0 unspecified atom stereocenters. The molecule has 17 heavy (non-hydrogen) atoms. The van der Waals surface area contributed by atoms with Crippen LogP contribution in [0, 0.1) is 0 Å². The van der Waals surface area contributed by atoms with Gasteiger partial charge in [-0.05, 0) is 25.2 Å². The summed E-state index contributed by atoms with van der Waals surface area (Å²) >= 11 is 0. The summed E-state index contributed by atoms with van der Waals surface area (Å²) in [5.74, 6) is 0.0207. The monoisotopic (exact) mass is 235 g/mol. The Balaban J connectivity index is 2.33. The normalized spacial score (nSPS) is 10.5. The summed E-state index contributed by atoms with van der Waals surface area (Å²) in [6.45, 7) is 4.62. The number of carbonyl (C=O) groups excluding carboxylic acids is 1. The van der Waals surface area contributed by atoms with Crippen LogP contribution in [0.25, 0.3) is 0 Å². The Hall–Kier alpha value is -1.55. The van der Waals surface area contributed by atoms with Crippen LogP contribution in [0.1, 0.15) is 12.5 Å². The molecule has 0 aliphatic carbocycles. The Labute approximate surface area is 103 Å². The van der Waals surface area contributed by atoms with Crippen LogP contribution in [0.5, 0.6) is 0 Å². The van der Waals surface area contributed by atoms with Crippen LogP contribution in [0.3, 0.4) is 0 Å². The van der Waals surface area contributed by atoms with Crippen LogP contribution in [0.4, 0.5) is 5.69 Å². The van der Waals surface area contributed by atoms with Crippen LogP contribution in [-0.2, 0) is 11.2 Å². The van der Waals surface area contributed by atoms with E-state index in [4.69, 9.17) is 5.73 Å². The molecule has 0 atom stereocenters. The van der Waals surface area contributed by atoms with E-state index >= 15 is 0 Å². The lowest BCUT2D eigenvalue weighted by Gasteiger charge is -2.14. The fourth-order valence-electron chi connectivity index (χ4n) is 1.47. The van der Waals surface area contributed by atoms with E-state index in [0.717, 1.165) is 18.7 Å². The highest BCUT2D eigenvalue weighted by Crippen LogP contribution is 2.10. The van der Waals surface area contributed by atoms with Crippen molar-refractivity contribution >= 4 is 11.6 Å². The first-order valence-corrected chi connectivity index (χ1v) is 5.92. The van der Waals surface area contributed by atoms with Gasteiger partial charge in [0, 0.05) is 18.8 Å². The van der Waals surface area contributed by atoms with E-state index in [0.29, 0.717) is 18.7 Å². The van der Waals surface area contributed by atoms with Gasteiger partial charge in [-0.25, -0.2) is 0 Å². The molecule has 1 aromatic rings. The molecule has 0 radical (unpaired) electrons. The molecular weight excluding hydrogens is 214 g/mol. The number of hydrogen-bond donors (Lipinski definition) is 2. The van der Waals surface area contributed by atoms with Gasteiger partial charge in [0.25, 0.3) is 0 Å². The molecule has 0 spiro atoms. The van der Waals surface area contributed by atoms with Gasteiger partial charge in [0.05, 0.1) is 6.42 Å². The molecule has 1 aromatic carbocycles. The van der Waals surface area contributed by atoms with Gasteiger partial charge in [0.15, 0.2) is 0 Å². The van der Waals surface area contributed by atoms with Gasteiger partial charge in [-0.3, -0.25) is 4.79 Å². The SMILES string of the molecule is CCN(C)CCNC(=O)Cc1ccccc1N. The summed E-state index contributed by atoms with van der Waals surface area (Å²) < 4.78 is 0. The Morgan fingerprint density at radius 2 is 2.12 bits per heavy atom. The molecule has 4 heteroatoms. The number of anilines is 1. The van der Waals surface area contributed by atoms with Gasteiger partial charge in [0.2, 0.25) is 5.91 Å². The zero-order chi connectivity index (χ0) is 12.7. The second-order valence-electron chi connectivity index (χ2n) is 4.12. The molecule has 0 fully saturated rings. The molecule has 94 valence electrons. The van der Waals surface area contributed by atoms with Gasteiger partial charge in [0.1, 0.15) is 0 Å². The summed E-state index contributed by atoms with van der Waals surface area (Å²) in [6.07, 6.45) is 0.350. The average Bonchev–Trinajstić information content (AvgIpc) is 2.32. The number of hydrogen-bond acceptors (Lipinski definition) is 3. The zero-order valence-corrected chi connectivity index (χ0v) is 10.6. The maximum Gasteiger partial charge on any atom is 0.224 e. The van der Waals surface area contributed by atoms with Crippen LogP contribution in [-0.4, -0.2) is 37.5 Å². The number of para-hydroxylation sites is 1. The molecule has 4 nitrogen and oxygen atoms in total. The minimum absolute atomic E-state index is 0.0207. The van der Waals surface area contributed by atoms with Crippen molar-refractivity contribution in [1.82, 2.24) is 10.2 Å². The Morgan fingerprint density at radius 1 is 1.41 bits per heavy atom. The lowest BCUT2D eigenvalue weighted by molar-refractivity contribution is -0.120. The van der Waals surface area contributed by atoms with Crippen LogP contribution in [0.2, 0.25) is 0 Å². The third-order valence-corrected chi connectivity index (χ3v) is 2.76. The van der Waals surface area contributed by atoms with Crippen molar-refractivity contribution in [3.63, 3.8) is 0 Å². The van der Waals surface area contributed by atoms with E-state index < -0.39 is 0 Å². The van der Waals surface area contributed by atoms with Crippen molar-refractivity contribution in [3.8, 4) is 0 Å². The summed E-state index contributed by atoms with van der Waals surface area (Å²) in [4.78, 5) is 13.8. The number of nitrogens with zero attached hydrogens (tertiary/aromatic N) is 1. The molecule has 0 aliphatic rings. The Kier molecular flexibility index (Phi) is 5.49. The smallest absolute Gasteiger partial charge is 0.224 e. The van der Waals surface area contributed by atoms with Crippen LogP contribution >= 0.6 is 0 Å². The number of rotatable bonds is 6. The van der Waals surface area contributed by atoms with Crippen LogP contribution < -0.4 is 11.1 Å². The average molecular weight is 235 g/mol. The molecule has 3 N–H and O–H groups in total. The first-order valence-electron chi connectivity index (χ1n) is 5.92. The molecule has 1 rings (SSSR count). The second-order valence-corrected chi connectivity index (χ2v) is 4.12. The number of carbonyl (C=O) groups is 1. The molecule has 0 saturated carbocycles. The number of benzene rings is 1. The highest BCUT2D eigenvalue weighted by Gasteiger charge is 2.05. The molecule has 0 saturated heterocycles. The molecular formula is C13H21N3O. The summed E-state index contributed by atoms with van der Waals surface area (Å²) in [7, 11) is 2.03. The van der Waals surface area contributed by atoms with Crippen molar-refractivity contribution < 1.29 is 4.79 Å². The van der Waals surface area contributed by atoms with Crippen molar-refractivity contribution in [2.24, 2.45) is 0 Å². The van der Waals surface area contributed by atoms with Gasteiger partial charge >= 0.3 is 0 Å². The van der Waals surface area contributed by atoms with Crippen molar-refractivity contribution in [1.29, 1.82) is 0 Å². The highest BCUT2D eigenvalue weighted by molar-refractivity contribution is 5.80. The minimum Gasteiger partial charge on any atom is -0.398 e. The third kappa shape index (κ3) is 4.87. The van der Waals surface area contributed by atoms with Gasteiger partial charge in [-0.15, -0.1) is 0 Å². The van der Waals surface area contributed by atoms with Gasteiger partial charge in [-0.2, -0.15) is 0 Å². The molecule has 0 aliphatic heterocycles. The topological polar surface area (TPSA) is 58.4 Å². The number of nitrogens with two attached hydrogens (primary N) is 1. The van der Waals surface area contributed by atoms with Crippen molar-refractivity contribution in [2.75, 3.05) is 32.4 Å². The van der Waals surface area contributed by atoms with E-state index in [-0.39, 0.29) is 5.91 Å². The fraction of sp³-hybridized carbons (Fsp3) is 0.462. The Bertz CT molecular complexity index is 365. The maximum atomic E-state index is 11.6. The number of nitrogens with one attached hydrogen (secondary N) is 1. The van der Waals surface area contributed by atoms with Crippen molar-refractivity contribution in [2.45, 2.75) is 13.3 Å². The van der Waals surface area contributed by atoms with E-state index in [1.807, 2.05) is 31.3 Å². The highest BCUT2D eigenvalue weighted by atomic mass is 16.1. The fourth-order valence-corrected chi connectivity index (χ4v) is 1.47. The first kappa shape index (κ1) is 13.5. The van der Waals surface area contributed by atoms with Gasteiger partial charge < -0.3 is 16.0 Å². The van der Waals surface area contributed by atoms with Crippen molar-refractivity contribution in [3.05, 3.63) is 29.8 Å². The minimum atomic E-state index is 0.0207. The van der Waals surface area contributed by atoms with E-state index in [1.165, 1.54) is 0 Å². The summed E-state index contributed by atoms with van der Waals surface area (Å²) in [5.41, 5.74) is 7.34. The molecule has 1 amide bonds. The predicted octanol–water partition coefficient (Wildman–Crippen LogP) is 0.879. The maximum absolute atomic E-state index is 11.6. The van der Waals surface area contributed by atoms with E-state index in [9.17, 15) is 4.79 Å². The quantitative estimate of drug-likeness (QED) is 0.720. The van der Waals surface area contributed by atoms with Gasteiger partial charge in [-0.1, -0.05) is 25.1 Å². The molecule has 0 bridgehead atoms. The largest absolute Gasteiger partial charge is 0.398 e. The standard InChI is InChI=1S/C13H21N3O/c1-3-16(2)9-8-15-13(17)10-11-6-4-5-7-12(11)14/h4-7H,3,8-10,14H2,1-2H3,(H,15,17). The van der Waals surface area contributed by atoms with E-state index in [1.54, 1.807) is 0 Å². The Morgan fingerprint density at radius 3 is 2.76 bits per heavy atom. The number of likely N-dealkylation sites (N-methyl/N-ethyl adjacent to an activating group) is 1. The number of nitrogen functional groups attached to an aromatic ring is 1. The first-order chi connectivity index (χ1) is 8.13. The van der Waals surface area contributed by atoms with E-state index in [2.05, 4.69) is 17.1 Å². The molecule has 0 aromatic heterocycles. The molecule has 0 heterocycles. The third-order valence-electron chi connectivity index (χ3n) is 2.76. The predicted molar refractivity (Wildman–Crippen MR) is 70.7 cm³/mol. The summed E-state index contributed by atoms with van der Waals surface area (Å²) in [6, 6.07) is 7.46. The van der Waals surface area contributed by atoms with Crippen LogP contribution in [0.15, 0.2) is 24.3 Å². The summed E-state index contributed by atoms with van der Waals surface area (Å²) in [5, 5.41) is 2.89. The lowest BCUT2D eigenvalue weighted by atomic mass is 10.1. The zero-order valence-electron chi connectivity index (χ0n) is 10.6. The number of amides is 1. The lowest BCUT2D eigenvalue weighted by Crippen LogP contribution is -2.33. The second kappa shape index (κ2) is 6.91.